The highest BCUT2D eigenvalue weighted by molar-refractivity contribution is 6.37. The second-order valence-electron chi connectivity index (χ2n) is 10.8. The summed E-state index contributed by atoms with van der Waals surface area (Å²) < 4.78 is 23.0. The number of ether oxygens (including phenoxy) is 4. The van der Waals surface area contributed by atoms with Crippen LogP contribution in [0.15, 0.2) is 65.8 Å². The first-order valence-electron chi connectivity index (χ1n) is 15.7. The molecular formula is C33H38Cl2N12O4. The fourth-order valence-corrected chi connectivity index (χ4v) is 5.50. The number of benzene rings is 2. The fraction of sp³-hybridized carbons (Fsp3) is 0.273. The van der Waals surface area contributed by atoms with Gasteiger partial charge < -0.3 is 40.8 Å². The number of hydrogen-bond donors (Lipinski definition) is 6. The van der Waals surface area contributed by atoms with Gasteiger partial charge >= 0.3 is 0 Å². The van der Waals surface area contributed by atoms with E-state index in [1.807, 2.05) is 48.5 Å². The number of aromatic amines is 1. The molecule has 0 amide bonds. The third kappa shape index (κ3) is 9.93. The van der Waals surface area contributed by atoms with Gasteiger partial charge in [0.2, 0.25) is 23.5 Å². The second-order valence-corrected chi connectivity index (χ2v) is 11.5. The molecule has 7 N–H and O–H groups in total. The zero-order chi connectivity index (χ0) is 36.0. The lowest BCUT2D eigenvalue weighted by Crippen LogP contribution is -2.41. The minimum Gasteiger partial charge on any atom is -0.481 e. The number of amidine groups is 1. The van der Waals surface area contributed by atoms with Crippen LogP contribution in [0.3, 0.4) is 0 Å². The zero-order valence-electron chi connectivity index (χ0n) is 28.2. The number of hydrazone groups is 1. The minimum absolute atomic E-state index is 0.170. The summed E-state index contributed by atoms with van der Waals surface area (Å²) >= 11 is 13.9. The number of nitrogens with zero attached hydrogens (tertiary/aromatic N) is 6. The molecule has 5 rings (SSSR count). The Morgan fingerprint density at radius 2 is 1.33 bits per heavy atom. The molecule has 0 unspecified atom stereocenters. The molecule has 0 aliphatic carbocycles. The maximum Gasteiger partial charge on any atom is 0.220 e. The number of pyridine rings is 2. The van der Waals surface area contributed by atoms with Gasteiger partial charge in [-0.3, -0.25) is 0 Å². The van der Waals surface area contributed by atoms with Crippen molar-refractivity contribution in [3.8, 4) is 34.6 Å². The Labute approximate surface area is 304 Å². The number of nitrogens with one attached hydrogen (secondary N) is 5. The van der Waals surface area contributed by atoms with E-state index in [-0.39, 0.29) is 13.2 Å². The van der Waals surface area contributed by atoms with Gasteiger partial charge in [0.25, 0.3) is 0 Å². The average Bonchev–Trinajstić information content (AvgIpc) is 3.68. The molecule has 0 aliphatic rings. The highest BCUT2D eigenvalue weighted by Crippen LogP contribution is 2.37. The third-order valence-electron chi connectivity index (χ3n) is 7.43. The van der Waals surface area contributed by atoms with Crippen molar-refractivity contribution in [1.29, 1.82) is 0 Å². The van der Waals surface area contributed by atoms with Gasteiger partial charge in [-0.25, -0.2) is 5.43 Å². The summed E-state index contributed by atoms with van der Waals surface area (Å²) in [4.78, 5) is 9.02. The van der Waals surface area contributed by atoms with Gasteiger partial charge in [-0.15, -0.1) is 10.2 Å². The normalized spacial score (nSPS) is 11.4. The Balaban J connectivity index is 1.21. The predicted molar refractivity (Wildman–Crippen MR) is 192 cm³/mol. The maximum atomic E-state index is 6.93. The number of hydrogen-bond acceptors (Lipinski definition) is 14. The van der Waals surface area contributed by atoms with Crippen molar-refractivity contribution in [3.63, 3.8) is 0 Å². The molecule has 2 aromatic carbocycles. The summed E-state index contributed by atoms with van der Waals surface area (Å²) in [7, 11) is 4.84. The minimum atomic E-state index is 0.170. The number of nitrogens with two attached hydrogens (primary N) is 1. The number of H-pyrrole nitrogens is 1. The van der Waals surface area contributed by atoms with Crippen LogP contribution >= 0.6 is 23.2 Å². The Kier molecular flexibility index (Phi) is 13.5. The number of tetrazole rings is 1. The van der Waals surface area contributed by atoms with E-state index in [9.17, 15) is 0 Å². The molecule has 0 atom stereocenters. The Morgan fingerprint density at radius 1 is 0.765 bits per heavy atom. The molecule has 0 saturated carbocycles. The molecule has 0 radical (unpaired) electrons. The maximum absolute atomic E-state index is 6.93. The van der Waals surface area contributed by atoms with Crippen molar-refractivity contribution >= 4 is 29.0 Å². The van der Waals surface area contributed by atoms with Gasteiger partial charge in [0.1, 0.15) is 19.0 Å². The summed E-state index contributed by atoms with van der Waals surface area (Å²) in [5.41, 5.74) is 10.3. The van der Waals surface area contributed by atoms with E-state index in [0.29, 0.717) is 71.4 Å². The van der Waals surface area contributed by atoms with E-state index < -0.39 is 0 Å². The van der Waals surface area contributed by atoms with E-state index in [1.165, 1.54) is 0 Å². The van der Waals surface area contributed by atoms with Crippen LogP contribution in [0.4, 0.5) is 0 Å². The largest absolute Gasteiger partial charge is 0.481 e. The molecule has 0 saturated heterocycles. The van der Waals surface area contributed by atoms with Crippen LogP contribution in [-0.4, -0.2) is 64.2 Å². The summed E-state index contributed by atoms with van der Waals surface area (Å²) in [5.74, 6) is 8.13. The molecule has 268 valence electrons. The Bertz CT molecular complexity index is 1910. The van der Waals surface area contributed by atoms with Crippen LogP contribution in [0.5, 0.6) is 23.5 Å². The van der Waals surface area contributed by atoms with Crippen LogP contribution < -0.4 is 46.3 Å². The Morgan fingerprint density at radius 3 is 1.82 bits per heavy atom. The van der Waals surface area contributed by atoms with Gasteiger partial charge in [0, 0.05) is 65.7 Å². The van der Waals surface area contributed by atoms with E-state index in [2.05, 4.69) is 57.2 Å². The van der Waals surface area contributed by atoms with Crippen LogP contribution in [0, 0.1) is 0 Å². The van der Waals surface area contributed by atoms with E-state index in [1.54, 1.807) is 33.4 Å². The summed E-state index contributed by atoms with van der Waals surface area (Å²) in [5, 5.41) is 25.0. The monoisotopic (exact) mass is 736 g/mol. The highest BCUT2D eigenvalue weighted by Gasteiger charge is 2.16. The lowest BCUT2D eigenvalue weighted by molar-refractivity contribution is 0.286. The first-order valence-corrected chi connectivity index (χ1v) is 16.4. The van der Waals surface area contributed by atoms with Crippen LogP contribution in [0.2, 0.25) is 10.0 Å². The second kappa shape index (κ2) is 18.7. The van der Waals surface area contributed by atoms with Crippen LogP contribution in [0.1, 0.15) is 28.1 Å². The topological polar surface area (TPSA) is 204 Å². The molecule has 5 aromatic rings. The van der Waals surface area contributed by atoms with Gasteiger partial charge in [0.05, 0.1) is 37.4 Å². The molecule has 3 heterocycles. The standard InChI is InChI=1S/C33H38Cl2N12O4/c1-37-43-26(42-36)16-38-14-20-10-12-28(40-32(20)48-2)50-18-22-6-4-8-24(30(22)34)25-9-5-7-23(31(25)35)19-51-29-13-11-21(33(41-29)49-3)15-39-17-27-44-46-47-45-27/h4-13,37-39H,14-19,36H2,1-3H3,(H,42,43)(H,44,45,46,47). The molecule has 3 aromatic heterocycles. The van der Waals surface area contributed by atoms with Crippen molar-refractivity contribution in [2.24, 2.45) is 10.9 Å². The molecule has 16 nitrogen and oxygen atoms in total. The van der Waals surface area contributed by atoms with Gasteiger partial charge in [-0.05, 0) is 12.1 Å². The zero-order valence-corrected chi connectivity index (χ0v) is 29.7. The number of rotatable bonds is 18. The average molecular weight is 738 g/mol. The first-order chi connectivity index (χ1) is 24.9. The summed E-state index contributed by atoms with van der Waals surface area (Å²) in [6.07, 6.45) is 0. The molecule has 51 heavy (non-hydrogen) atoms. The fourth-order valence-electron chi connectivity index (χ4n) is 4.94. The quantitative estimate of drug-likeness (QED) is 0.0330. The highest BCUT2D eigenvalue weighted by atomic mass is 35.5. The van der Waals surface area contributed by atoms with Crippen molar-refractivity contribution in [2.45, 2.75) is 32.8 Å². The number of halogens is 2. The van der Waals surface area contributed by atoms with E-state index in [0.717, 1.165) is 33.4 Å². The lowest BCUT2D eigenvalue weighted by atomic mass is 10.0. The molecule has 18 heteroatoms. The van der Waals surface area contributed by atoms with Crippen LogP contribution in [0.25, 0.3) is 11.1 Å². The molecule has 0 aliphatic heterocycles. The Hall–Kier alpha value is -5.26. The van der Waals surface area contributed by atoms with Crippen molar-refractivity contribution < 1.29 is 18.9 Å². The van der Waals surface area contributed by atoms with Crippen LogP contribution in [-0.2, 0) is 32.8 Å². The van der Waals surface area contributed by atoms with E-state index >= 15 is 0 Å². The summed E-state index contributed by atoms with van der Waals surface area (Å²) in [6.45, 7) is 2.16. The van der Waals surface area contributed by atoms with Crippen molar-refractivity contribution in [3.05, 3.63) is 98.8 Å². The number of hydrazine groups is 1. The van der Waals surface area contributed by atoms with Gasteiger partial charge in [0.15, 0.2) is 5.82 Å². The third-order valence-corrected chi connectivity index (χ3v) is 8.33. The van der Waals surface area contributed by atoms with Crippen molar-refractivity contribution in [1.82, 2.24) is 52.1 Å². The smallest absolute Gasteiger partial charge is 0.220 e. The predicted octanol–water partition coefficient (Wildman–Crippen LogP) is 3.51. The molecule has 0 spiro atoms. The van der Waals surface area contributed by atoms with Gasteiger partial charge in [-0.1, -0.05) is 64.8 Å². The lowest BCUT2D eigenvalue weighted by Gasteiger charge is -2.15. The summed E-state index contributed by atoms with van der Waals surface area (Å²) in [6, 6.07) is 18.7. The van der Waals surface area contributed by atoms with E-state index in [4.69, 9.17) is 48.0 Å². The molecule has 0 fully saturated rings. The van der Waals surface area contributed by atoms with Crippen molar-refractivity contribution in [2.75, 3.05) is 27.8 Å². The molecular weight excluding hydrogens is 699 g/mol. The number of methoxy groups -OCH3 is 2. The number of aromatic nitrogens is 6. The first kappa shape index (κ1) is 37.0. The molecule has 0 bridgehead atoms. The SMILES string of the molecule is CNN/C(CNCc1ccc(OCc2cccc(-c3cccc(COc4ccc(CNCc5nn[nH]n5)c(OC)n4)c3Cl)c2Cl)nc1OC)=N\N. The van der Waals surface area contributed by atoms with Gasteiger partial charge in [-0.2, -0.15) is 20.3 Å².